The van der Waals surface area contributed by atoms with Crippen LogP contribution in [0, 0.1) is 12.8 Å². The molecule has 0 spiro atoms. The van der Waals surface area contributed by atoms with Crippen LogP contribution in [0.2, 0.25) is 0 Å². The van der Waals surface area contributed by atoms with Crippen LogP contribution in [-0.4, -0.2) is 41.9 Å². The van der Waals surface area contributed by atoms with Gasteiger partial charge >= 0.3 is 0 Å². The minimum Gasteiger partial charge on any atom is -0.347 e. The molecule has 1 fully saturated rings. The number of rotatable bonds is 6. The van der Waals surface area contributed by atoms with E-state index in [1.165, 1.54) is 15.6 Å². The third kappa shape index (κ3) is 4.45. The van der Waals surface area contributed by atoms with Crippen LogP contribution < -0.4 is 5.32 Å². The highest BCUT2D eigenvalue weighted by Crippen LogP contribution is 2.25. The molecule has 0 aliphatic carbocycles. The number of hydrogen-bond donors (Lipinski definition) is 1. The van der Waals surface area contributed by atoms with Gasteiger partial charge in [-0.05, 0) is 43.3 Å². The van der Waals surface area contributed by atoms with E-state index in [2.05, 4.69) is 15.5 Å². The number of nitrogens with one attached hydrogen (secondary N) is 1. The lowest BCUT2D eigenvalue weighted by atomic mass is 9.99. The van der Waals surface area contributed by atoms with Crippen LogP contribution in [0.3, 0.4) is 0 Å². The van der Waals surface area contributed by atoms with E-state index in [1.54, 1.807) is 24.3 Å². The van der Waals surface area contributed by atoms with Crippen LogP contribution in [0.25, 0.3) is 10.7 Å². The first-order valence-corrected chi connectivity index (χ1v) is 12.0. The molecule has 1 amide bonds. The Labute approximate surface area is 179 Å². The van der Waals surface area contributed by atoms with Crippen LogP contribution in [0.4, 0.5) is 0 Å². The molecule has 0 bridgehead atoms. The maximum Gasteiger partial charge on any atom is 0.246 e. The van der Waals surface area contributed by atoms with Gasteiger partial charge in [-0.3, -0.25) is 4.79 Å². The normalized spacial score (nSPS) is 17.7. The van der Waals surface area contributed by atoms with Gasteiger partial charge in [0.2, 0.25) is 27.6 Å². The highest BCUT2D eigenvalue weighted by molar-refractivity contribution is 7.89. The number of sulfonamides is 1. The van der Waals surface area contributed by atoms with Crippen LogP contribution in [-0.2, 0) is 21.4 Å². The molecule has 10 heteroatoms. The minimum absolute atomic E-state index is 0.110. The van der Waals surface area contributed by atoms with E-state index in [9.17, 15) is 13.2 Å². The summed E-state index contributed by atoms with van der Waals surface area (Å²) in [6.07, 6.45) is 1.27. The lowest BCUT2D eigenvalue weighted by molar-refractivity contribution is -0.126. The Morgan fingerprint density at radius 3 is 2.83 bits per heavy atom. The average Bonchev–Trinajstić information content (AvgIpc) is 3.44. The molecule has 0 saturated carbocycles. The third-order valence-corrected chi connectivity index (χ3v) is 7.78. The number of aryl methyl sites for hydroxylation is 1. The van der Waals surface area contributed by atoms with Crippen LogP contribution >= 0.6 is 11.3 Å². The summed E-state index contributed by atoms with van der Waals surface area (Å²) in [5, 5.41) is 8.64. The van der Waals surface area contributed by atoms with Gasteiger partial charge < -0.3 is 9.84 Å². The van der Waals surface area contributed by atoms with Crippen molar-refractivity contribution >= 4 is 27.3 Å². The number of aromatic nitrogens is 2. The quantitative estimate of drug-likeness (QED) is 0.624. The summed E-state index contributed by atoms with van der Waals surface area (Å²) in [5.41, 5.74) is 0.994. The molecule has 4 rings (SSSR count). The Bertz CT molecular complexity index is 1110. The predicted octanol–water partition coefficient (Wildman–Crippen LogP) is 2.82. The molecule has 8 nitrogen and oxygen atoms in total. The van der Waals surface area contributed by atoms with Crippen molar-refractivity contribution in [2.45, 2.75) is 31.2 Å². The van der Waals surface area contributed by atoms with Crippen molar-refractivity contribution in [1.82, 2.24) is 19.8 Å². The Morgan fingerprint density at radius 2 is 2.10 bits per heavy atom. The summed E-state index contributed by atoms with van der Waals surface area (Å²) < 4.78 is 32.4. The molecule has 1 atom stereocenters. The summed E-state index contributed by atoms with van der Waals surface area (Å²) >= 11 is 1.50. The lowest BCUT2D eigenvalue weighted by Gasteiger charge is -2.31. The lowest BCUT2D eigenvalue weighted by Crippen LogP contribution is -2.45. The minimum atomic E-state index is -3.62. The number of hydrogen-bond acceptors (Lipinski definition) is 7. The summed E-state index contributed by atoms with van der Waals surface area (Å²) in [5.74, 6) is 0.169. The van der Waals surface area contributed by atoms with Gasteiger partial charge in [0, 0.05) is 13.1 Å². The number of piperidine rings is 1. The van der Waals surface area contributed by atoms with Gasteiger partial charge in [-0.15, -0.1) is 11.3 Å². The van der Waals surface area contributed by atoms with Crippen LogP contribution in [0.5, 0.6) is 0 Å². The molecule has 0 radical (unpaired) electrons. The number of benzene rings is 1. The summed E-state index contributed by atoms with van der Waals surface area (Å²) in [6.45, 7) is 2.59. The van der Waals surface area contributed by atoms with Crippen LogP contribution in [0.1, 0.15) is 24.3 Å². The smallest absolute Gasteiger partial charge is 0.246 e. The standard InChI is InChI=1S/C20H22N4O4S2/c1-14-6-8-16(9-7-14)30(26,27)24-10-2-4-15(13-24)20(25)21-12-18-22-19(23-28-18)17-5-3-11-29-17/h3,5-9,11,15H,2,4,10,12-13H2,1H3,(H,21,25)/t15-/m0/s1. The van der Waals surface area contributed by atoms with Crippen LogP contribution in [0.15, 0.2) is 51.2 Å². The topological polar surface area (TPSA) is 105 Å². The number of thiophene rings is 1. The second kappa shape index (κ2) is 8.66. The molecule has 2 aromatic heterocycles. The van der Waals surface area contributed by atoms with E-state index in [0.717, 1.165) is 10.4 Å². The van der Waals surface area contributed by atoms with Crippen molar-refractivity contribution < 1.29 is 17.7 Å². The average molecular weight is 447 g/mol. The molecule has 1 saturated heterocycles. The molecule has 1 N–H and O–H groups in total. The maximum atomic E-state index is 12.9. The molecular weight excluding hydrogens is 424 g/mol. The second-order valence-electron chi connectivity index (χ2n) is 7.22. The molecule has 3 heterocycles. The van der Waals surface area contributed by atoms with Crippen molar-refractivity contribution in [2.24, 2.45) is 5.92 Å². The van der Waals surface area contributed by atoms with Crippen molar-refractivity contribution in [3.8, 4) is 10.7 Å². The fourth-order valence-corrected chi connectivity index (χ4v) is 5.55. The number of amides is 1. The zero-order chi connectivity index (χ0) is 21.1. The van der Waals surface area contributed by atoms with Crippen molar-refractivity contribution in [3.05, 3.63) is 53.2 Å². The number of carbonyl (C=O) groups excluding carboxylic acids is 1. The fraction of sp³-hybridized carbons (Fsp3) is 0.350. The molecule has 1 aliphatic heterocycles. The highest BCUT2D eigenvalue weighted by atomic mass is 32.2. The van der Waals surface area contributed by atoms with Gasteiger partial charge in [0.25, 0.3) is 0 Å². The second-order valence-corrected chi connectivity index (χ2v) is 10.1. The Balaban J connectivity index is 1.37. The maximum absolute atomic E-state index is 12.9. The van der Waals surface area contributed by atoms with Gasteiger partial charge in [-0.2, -0.15) is 9.29 Å². The van der Waals surface area contributed by atoms with Crippen molar-refractivity contribution in [1.29, 1.82) is 0 Å². The van der Waals surface area contributed by atoms with Crippen molar-refractivity contribution in [2.75, 3.05) is 13.1 Å². The monoisotopic (exact) mass is 446 g/mol. The van der Waals surface area contributed by atoms with Gasteiger partial charge in [-0.25, -0.2) is 8.42 Å². The molecule has 30 heavy (non-hydrogen) atoms. The first kappa shape index (κ1) is 20.7. The first-order chi connectivity index (χ1) is 14.4. The summed E-state index contributed by atoms with van der Waals surface area (Å²) in [6, 6.07) is 10.6. The molecule has 158 valence electrons. The summed E-state index contributed by atoms with van der Waals surface area (Å²) in [7, 11) is -3.62. The van der Waals surface area contributed by atoms with Gasteiger partial charge in [-0.1, -0.05) is 28.9 Å². The van der Waals surface area contributed by atoms with Gasteiger partial charge in [0.05, 0.1) is 22.2 Å². The van der Waals surface area contributed by atoms with E-state index in [1.807, 2.05) is 24.4 Å². The van der Waals surface area contributed by atoms with E-state index < -0.39 is 15.9 Å². The first-order valence-electron chi connectivity index (χ1n) is 9.64. The molecule has 3 aromatic rings. The Kier molecular flexibility index (Phi) is 5.98. The van der Waals surface area contributed by atoms with Gasteiger partial charge in [0.1, 0.15) is 0 Å². The largest absolute Gasteiger partial charge is 0.347 e. The molecular formula is C20H22N4O4S2. The third-order valence-electron chi connectivity index (χ3n) is 5.04. The van der Waals surface area contributed by atoms with E-state index in [4.69, 9.17) is 4.52 Å². The predicted molar refractivity (Wildman–Crippen MR) is 112 cm³/mol. The fourth-order valence-electron chi connectivity index (χ4n) is 3.37. The molecule has 1 aliphatic rings. The van der Waals surface area contributed by atoms with Crippen molar-refractivity contribution in [3.63, 3.8) is 0 Å². The zero-order valence-electron chi connectivity index (χ0n) is 16.4. The zero-order valence-corrected chi connectivity index (χ0v) is 18.1. The SMILES string of the molecule is Cc1ccc(S(=O)(=O)N2CCC[C@H](C(=O)NCc3nc(-c4cccs4)no3)C2)cc1. The van der Waals surface area contributed by atoms with E-state index in [0.29, 0.717) is 31.1 Å². The Hall–Kier alpha value is -2.56. The highest BCUT2D eigenvalue weighted by Gasteiger charge is 2.33. The van der Waals surface area contributed by atoms with Gasteiger partial charge in [0.15, 0.2) is 0 Å². The Morgan fingerprint density at radius 1 is 1.30 bits per heavy atom. The van der Waals surface area contributed by atoms with E-state index in [-0.39, 0.29) is 23.9 Å². The van der Waals surface area contributed by atoms with E-state index >= 15 is 0 Å². The molecule has 0 unspecified atom stereocenters. The summed E-state index contributed by atoms with van der Waals surface area (Å²) in [4.78, 5) is 18.1. The molecule has 1 aromatic carbocycles. The number of carbonyl (C=O) groups is 1. The number of nitrogens with zero attached hydrogens (tertiary/aromatic N) is 3.